The van der Waals surface area contributed by atoms with E-state index in [1.165, 1.54) is 18.4 Å². The molecule has 0 spiro atoms. The van der Waals surface area contributed by atoms with Crippen LogP contribution >= 0.6 is 0 Å². The lowest BCUT2D eigenvalue weighted by Gasteiger charge is -2.03. The quantitative estimate of drug-likeness (QED) is 0.755. The summed E-state index contributed by atoms with van der Waals surface area (Å²) in [5.41, 5.74) is 1.24. The van der Waals surface area contributed by atoms with Gasteiger partial charge in [-0.2, -0.15) is 0 Å². The van der Waals surface area contributed by atoms with Gasteiger partial charge in [-0.1, -0.05) is 0 Å². The number of nitrogens with zero attached hydrogens (tertiary/aromatic N) is 4. The Hall–Kier alpha value is -1.71. The van der Waals surface area contributed by atoms with Gasteiger partial charge in [0.05, 0.1) is 0 Å². The first-order valence-corrected chi connectivity index (χ1v) is 5.21. The highest BCUT2D eigenvalue weighted by Gasteiger charge is 2.25. The lowest BCUT2D eigenvalue weighted by Crippen LogP contribution is -2.01. The SMILES string of the molecule is c1cc(Cc2nncn2C2CC2)ccn1. The maximum absolute atomic E-state index is 4.17. The molecule has 3 rings (SSSR count). The molecule has 0 unspecified atom stereocenters. The molecule has 1 aliphatic carbocycles. The molecule has 0 radical (unpaired) electrons. The van der Waals surface area contributed by atoms with Crippen molar-refractivity contribution in [2.45, 2.75) is 25.3 Å². The summed E-state index contributed by atoms with van der Waals surface area (Å²) in [6.45, 7) is 0. The molecule has 4 nitrogen and oxygen atoms in total. The Labute approximate surface area is 88.0 Å². The summed E-state index contributed by atoms with van der Waals surface area (Å²) in [6.07, 6.45) is 8.84. The van der Waals surface area contributed by atoms with E-state index in [-0.39, 0.29) is 0 Å². The Morgan fingerprint density at radius 1 is 1.27 bits per heavy atom. The Morgan fingerprint density at radius 3 is 2.80 bits per heavy atom. The van der Waals surface area contributed by atoms with E-state index in [9.17, 15) is 0 Å². The highest BCUT2D eigenvalue weighted by Crippen LogP contribution is 2.35. The molecule has 76 valence electrons. The Morgan fingerprint density at radius 2 is 2.07 bits per heavy atom. The van der Waals surface area contributed by atoms with Crippen LogP contribution in [0.3, 0.4) is 0 Å². The molecule has 0 atom stereocenters. The molecule has 0 N–H and O–H groups in total. The summed E-state index contributed by atoms with van der Waals surface area (Å²) < 4.78 is 2.19. The second-order valence-electron chi connectivity index (χ2n) is 3.92. The van der Waals surface area contributed by atoms with Crippen LogP contribution in [-0.2, 0) is 6.42 Å². The zero-order valence-corrected chi connectivity index (χ0v) is 8.37. The maximum Gasteiger partial charge on any atom is 0.137 e. The summed E-state index contributed by atoms with van der Waals surface area (Å²) >= 11 is 0. The molecule has 1 fully saturated rings. The van der Waals surface area contributed by atoms with Gasteiger partial charge in [-0.05, 0) is 30.5 Å². The van der Waals surface area contributed by atoms with Crippen LogP contribution < -0.4 is 0 Å². The van der Waals surface area contributed by atoms with Crippen LogP contribution in [-0.4, -0.2) is 19.7 Å². The van der Waals surface area contributed by atoms with Gasteiger partial charge in [-0.15, -0.1) is 10.2 Å². The largest absolute Gasteiger partial charge is 0.314 e. The monoisotopic (exact) mass is 200 g/mol. The van der Waals surface area contributed by atoms with E-state index < -0.39 is 0 Å². The predicted octanol–water partition coefficient (Wildman–Crippen LogP) is 1.60. The molecule has 0 amide bonds. The fourth-order valence-electron chi connectivity index (χ4n) is 1.73. The third-order valence-electron chi connectivity index (χ3n) is 2.70. The minimum Gasteiger partial charge on any atom is -0.314 e. The first-order valence-electron chi connectivity index (χ1n) is 5.21. The average Bonchev–Trinajstić information content (AvgIpc) is 3.02. The zero-order chi connectivity index (χ0) is 10.1. The molecule has 0 aromatic carbocycles. The lowest BCUT2D eigenvalue weighted by atomic mass is 10.2. The summed E-state index contributed by atoms with van der Waals surface area (Å²) in [5, 5.41) is 8.14. The minimum absolute atomic E-state index is 0.650. The predicted molar refractivity (Wildman–Crippen MR) is 55.3 cm³/mol. The van der Waals surface area contributed by atoms with E-state index in [1.54, 1.807) is 0 Å². The molecule has 15 heavy (non-hydrogen) atoms. The van der Waals surface area contributed by atoms with Crippen molar-refractivity contribution in [3.8, 4) is 0 Å². The van der Waals surface area contributed by atoms with Crippen molar-refractivity contribution in [1.29, 1.82) is 0 Å². The Balaban J connectivity index is 1.84. The number of hydrogen-bond acceptors (Lipinski definition) is 3. The third-order valence-corrected chi connectivity index (χ3v) is 2.70. The average molecular weight is 200 g/mol. The summed E-state index contributed by atoms with van der Waals surface area (Å²) in [7, 11) is 0. The third kappa shape index (κ3) is 1.75. The van der Waals surface area contributed by atoms with Crippen LogP contribution in [0.2, 0.25) is 0 Å². The normalized spacial score (nSPS) is 15.5. The van der Waals surface area contributed by atoms with Gasteiger partial charge in [-0.25, -0.2) is 0 Å². The van der Waals surface area contributed by atoms with E-state index >= 15 is 0 Å². The summed E-state index contributed by atoms with van der Waals surface area (Å²) in [4.78, 5) is 4.00. The van der Waals surface area contributed by atoms with E-state index in [0.717, 1.165) is 12.2 Å². The molecule has 2 heterocycles. The number of pyridine rings is 1. The molecule has 2 aromatic heterocycles. The number of aromatic nitrogens is 4. The first-order chi connectivity index (χ1) is 7.43. The first kappa shape index (κ1) is 8.59. The van der Waals surface area contributed by atoms with Crippen LogP contribution in [0.4, 0.5) is 0 Å². The second kappa shape index (κ2) is 3.46. The van der Waals surface area contributed by atoms with Crippen molar-refractivity contribution in [2.24, 2.45) is 0 Å². The van der Waals surface area contributed by atoms with Crippen molar-refractivity contribution in [3.05, 3.63) is 42.2 Å². The van der Waals surface area contributed by atoms with Gasteiger partial charge in [0.2, 0.25) is 0 Å². The van der Waals surface area contributed by atoms with Crippen molar-refractivity contribution >= 4 is 0 Å². The smallest absolute Gasteiger partial charge is 0.137 e. The van der Waals surface area contributed by atoms with Gasteiger partial charge in [0.15, 0.2) is 0 Å². The zero-order valence-electron chi connectivity index (χ0n) is 8.37. The van der Waals surface area contributed by atoms with Crippen molar-refractivity contribution in [1.82, 2.24) is 19.7 Å². The van der Waals surface area contributed by atoms with Crippen LogP contribution in [0.15, 0.2) is 30.9 Å². The van der Waals surface area contributed by atoms with E-state index in [2.05, 4.69) is 19.7 Å². The fraction of sp³-hybridized carbons (Fsp3) is 0.364. The van der Waals surface area contributed by atoms with E-state index in [0.29, 0.717) is 6.04 Å². The van der Waals surface area contributed by atoms with Crippen molar-refractivity contribution in [3.63, 3.8) is 0 Å². The van der Waals surface area contributed by atoms with Crippen molar-refractivity contribution < 1.29 is 0 Å². The molecule has 4 heteroatoms. The molecule has 0 saturated heterocycles. The molecular weight excluding hydrogens is 188 g/mol. The van der Waals surface area contributed by atoms with Gasteiger partial charge in [0.1, 0.15) is 12.2 Å². The Bertz CT molecular complexity index is 445. The summed E-state index contributed by atoms with van der Waals surface area (Å²) in [5.74, 6) is 1.06. The standard InChI is InChI=1S/C11H12N4/c1-2-10(1)15-8-13-14-11(15)7-9-3-5-12-6-4-9/h3-6,8,10H,1-2,7H2. The van der Waals surface area contributed by atoms with E-state index in [4.69, 9.17) is 0 Å². The topological polar surface area (TPSA) is 43.6 Å². The second-order valence-corrected chi connectivity index (χ2v) is 3.92. The van der Waals surface area contributed by atoms with Crippen LogP contribution in [0.5, 0.6) is 0 Å². The summed E-state index contributed by atoms with van der Waals surface area (Å²) in [6, 6.07) is 4.69. The minimum atomic E-state index is 0.650. The molecule has 2 aromatic rings. The van der Waals surface area contributed by atoms with Gasteiger partial charge >= 0.3 is 0 Å². The molecule has 0 aliphatic heterocycles. The van der Waals surface area contributed by atoms with Crippen LogP contribution in [0.1, 0.15) is 30.3 Å². The molecule has 0 bridgehead atoms. The van der Waals surface area contributed by atoms with Gasteiger partial charge in [0.25, 0.3) is 0 Å². The number of hydrogen-bond donors (Lipinski definition) is 0. The van der Waals surface area contributed by atoms with Crippen molar-refractivity contribution in [2.75, 3.05) is 0 Å². The highest BCUT2D eigenvalue weighted by atomic mass is 15.3. The highest BCUT2D eigenvalue weighted by molar-refractivity contribution is 5.15. The molecular formula is C11H12N4. The lowest BCUT2D eigenvalue weighted by molar-refractivity contribution is 0.694. The van der Waals surface area contributed by atoms with Gasteiger partial charge in [0, 0.05) is 24.9 Å². The van der Waals surface area contributed by atoms with Gasteiger partial charge in [-0.3, -0.25) is 4.98 Å². The number of rotatable bonds is 3. The van der Waals surface area contributed by atoms with E-state index in [1.807, 2.05) is 30.9 Å². The molecule has 1 saturated carbocycles. The molecule has 1 aliphatic rings. The van der Waals surface area contributed by atoms with Crippen LogP contribution in [0, 0.1) is 0 Å². The van der Waals surface area contributed by atoms with Gasteiger partial charge < -0.3 is 4.57 Å². The van der Waals surface area contributed by atoms with Crippen LogP contribution in [0.25, 0.3) is 0 Å². The fourth-order valence-corrected chi connectivity index (χ4v) is 1.73. The maximum atomic E-state index is 4.17. The Kier molecular flexibility index (Phi) is 1.98.